The lowest BCUT2D eigenvalue weighted by molar-refractivity contribution is -0.0967. The topological polar surface area (TPSA) is 28.1 Å². The molecule has 11 fully saturated rings. The smallest absolute Gasteiger partial charge is 0.223 e. The zero-order chi connectivity index (χ0) is 44.4. The highest BCUT2D eigenvalue weighted by Gasteiger charge is 2.56. The number of nitrogens with zero attached hydrogens (tertiary/aromatic N) is 2. The Morgan fingerprint density at radius 1 is 0.348 bits per heavy atom. The first-order chi connectivity index (χ1) is 32.7. The van der Waals surface area contributed by atoms with E-state index in [1.165, 1.54) is 180 Å². The Balaban J connectivity index is 0.835. The van der Waals surface area contributed by atoms with Crippen LogP contribution < -0.4 is 0 Å². The SMILES string of the molecule is [C-]#[N+]C1CCC(C(=CC2C3CCCCC3C(C3CCC(C4C5CCCCC5C(C=C(C5CCCCC5)C5CCC(C#N)CC5)C5CCCCC54)CC3)C3CCCCC23)C2CCCCC2)CC1. The fraction of sp³-hybridized carbons (Fsp3) is 0.906. The second-order valence-corrected chi connectivity index (χ2v) is 26.7. The Kier molecular flexibility index (Phi) is 15.5. The van der Waals surface area contributed by atoms with E-state index in [-0.39, 0.29) is 0 Å². The van der Waals surface area contributed by atoms with Crippen molar-refractivity contribution in [1.29, 1.82) is 5.26 Å². The van der Waals surface area contributed by atoms with E-state index in [0.29, 0.717) is 12.0 Å². The predicted molar refractivity (Wildman–Crippen MR) is 274 cm³/mol. The first-order valence-corrected chi connectivity index (χ1v) is 30.9. The molecule has 0 saturated heterocycles. The second kappa shape index (κ2) is 21.8. The molecule has 0 amide bonds. The average Bonchev–Trinajstić information content (AvgIpc) is 3.39. The summed E-state index contributed by atoms with van der Waals surface area (Å²) in [6, 6.07) is 2.99. The third kappa shape index (κ3) is 9.64. The van der Waals surface area contributed by atoms with Crippen LogP contribution in [0.4, 0.5) is 0 Å². The van der Waals surface area contributed by atoms with E-state index in [2.05, 4.69) is 23.1 Å². The van der Waals surface area contributed by atoms with Gasteiger partial charge in [-0.25, -0.2) is 6.57 Å². The molecular weight excluding hydrogens is 797 g/mol. The summed E-state index contributed by atoms with van der Waals surface area (Å²) < 4.78 is 0. The molecule has 0 aromatic carbocycles. The van der Waals surface area contributed by atoms with Gasteiger partial charge in [-0.2, -0.15) is 5.26 Å². The zero-order valence-corrected chi connectivity index (χ0v) is 42.5. The van der Waals surface area contributed by atoms with Crippen molar-refractivity contribution in [1.82, 2.24) is 0 Å². The van der Waals surface area contributed by atoms with E-state index in [9.17, 15) is 5.26 Å². The lowest BCUT2D eigenvalue weighted by atomic mass is 9.45. The Bertz CT molecular complexity index is 1530. The highest BCUT2D eigenvalue weighted by Crippen LogP contribution is 2.64. The Morgan fingerprint density at radius 3 is 0.985 bits per heavy atom. The van der Waals surface area contributed by atoms with Gasteiger partial charge in [-0.1, -0.05) is 113 Å². The van der Waals surface area contributed by atoms with Crippen LogP contribution in [-0.4, -0.2) is 6.04 Å². The Hall–Kier alpha value is -1.54. The molecule has 0 spiro atoms. The molecule has 0 aliphatic heterocycles. The van der Waals surface area contributed by atoms with E-state index >= 15 is 0 Å². The molecule has 0 aromatic heterocycles. The zero-order valence-electron chi connectivity index (χ0n) is 42.5. The van der Waals surface area contributed by atoms with Gasteiger partial charge < -0.3 is 4.85 Å². The average molecular weight is 896 g/mol. The largest absolute Gasteiger partial charge is 0.314 e. The van der Waals surface area contributed by atoms with Gasteiger partial charge in [0.15, 0.2) is 0 Å². The number of hydrogen-bond acceptors (Lipinski definition) is 1. The monoisotopic (exact) mass is 895 g/mol. The molecule has 8 unspecified atom stereocenters. The van der Waals surface area contributed by atoms with E-state index in [0.717, 1.165) is 119 Å². The fourth-order valence-electron chi connectivity index (χ4n) is 21.3. The summed E-state index contributed by atoms with van der Waals surface area (Å²) in [5.74, 6) is 17.3. The standard InChI is InChI=1S/C64H98N2/c1-66-50-38-36-47(37-39-50)60(45-18-6-3-7-19-45)41-62-53-22-10-14-26-57(53)64(58-27-15-11-23-54(58)62)49-34-32-48(33-35-49)63-55-24-12-8-20-51(55)61(52-21-9-13-25-56(52)63)40-59(44-16-4-2-5-17-44)46-30-28-43(42-65)29-31-46/h40-41,43-58,61-64H,2-39H2. The number of hydrogen-bond donors (Lipinski definition) is 0. The molecule has 11 rings (SSSR count). The molecule has 11 aliphatic rings. The van der Waals surface area contributed by atoms with Crippen LogP contribution in [0.1, 0.15) is 244 Å². The highest BCUT2D eigenvalue weighted by atomic mass is 14.7. The molecule has 2 nitrogen and oxygen atoms in total. The van der Waals surface area contributed by atoms with Crippen LogP contribution in [0.2, 0.25) is 0 Å². The van der Waals surface area contributed by atoms with Crippen LogP contribution in [0.5, 0.6) is 0 Å². The second-order valence-electron chi connectivity index (χ2n) is 26.7. The van der Waals surface area contributed by atoms with Gasteiger partial charge in [0.1, 0.15) is 0 Å². The summed E-state index contributed by atoms with van der Waals surface area (Å²) in [5, 5.41) is 9.84. The van der Waals surface area contributed by atoms with Crippen molar-refractivity contribution in [3.63, 3.8) is 0 Å². The van der Waals surface area contributed by atoms with E-state index < -0.39 is 0 Å². The van der Waals surface area contributed by atoms with E-state index in [1.54, 1.807) is 51.4 Å². The van der Waals surface area contributed by atoms with Gasteiger partial charge in [-0.05, 0) is 248 Å². The highest BCUT2D eigenvalue weighted by molar-refractivity contribution is 5.21. The summed E-state index contributed by atoms with van der Waals surface area (Å²) in [6.07, 6.45) is 61.6. The summed E-state index contributed by atoms with van der Waals surface area (Å²) in [6.45, 7) is 7.81. The van der Waals surface area contributed by atoms with Crippen LogP contribution in [-0.2, 0) is 0 Å². The van der Waals surface area contributed by atoms with Crippen LogP contribution in [0.15, 0.2) is 23.3 Å². The van der Waals surface area contributed by atoms with Crippen molar-refractivity contribution in [3.8, 4) is 6.07 Å². The van der Waals surface area contributed by atoms with Crippen LogP contribution in [0.25, 0.3) is 4.85 Å². The number of nitriles is 1. The summed E-state index contributed by atoms with van der Waals surface area (Å²) >= 11 is 0. The maximum Gasteiger partial charge on any atom is 0.223 e. The lowest BCUT2D eigenvalue weighted by Gasteiger charge is -2.60. The van der Waals surface area contributed by atoms with Crippen molar-refractivity contribution < 1.29 is 0 Å². The van der Waals surface area contributed by atoms with Crippen molar-refractivity contribution >= 4 is 0 Å². The molecule has 8 atom stereocenters. The van der Waals surface area contributed by atoms with E-state index in [1.807, 2.05) is 11.1 Å². The van der Waals surface area contributed by atoms with Crippen molar-refractivity contribution in [2.24, 2.45) is 112 Å². The minimum absolute atomic E-state index is 0.307. The maximum atomic E-state index is 9.84. The molecule has 0 aromatic rings. The van der Waals surface area contributed by atoms with Gasteiger partial charge in [-0.3, -0.25) is 0 Å². The first kappa shape index (κ1) is 46.8. The molecule has 0 radical (unpaired) electrons. The van der Waals surface area contributed by atoms with Crippen molar-refractivity contribution in [2.75, 3.05) is 0 Å². The first-order valence-electron chi connectivity index (χ1n) is 30.9. The quantitative estimate of drug-likeness (QED) is 0.176. The van der Waals surface area contributed by atoms with Crippen LogP contribution in [0, 0.1) is 130 Å². The van der Waals surface area contributed by atoms with Gasteiger partial charge >= 0.3 is 0 Å². The molecule has 0 bridgehead atoms. The normalized spacial score (nSPS) is 46.6. The Morgan fingerprint density at radius 2 is 0.652 bits per heavy atom. The van der Waals surface area contributed by atoms with Crippen LogP contribution in [0.3, 0.4) is 0 Å². The summed E-state index contributed by atoms with van der Waals surface area (Å²) in [5.41, 5.74) is 3.93. The third-order valence-electron chi connectivity index (χ3n) is 24.0. The number of rotatable bonds is 8. The number of fused-ring (bicyclic) bond motifs is 4. The van der Waals surface area contributed by atoms with Gasteiger partial charge in [-0.15, -0.1) is 0 Å². The molecule has 2 heteroatoms. The molecule has 11 saturated carbocycles. The molecule has 0 N–H and O–H groups in total. The van der Waals surface area contributed by atoms with Gasteiger partial charge in [0, 0.05) is 18.8 Å². The predicted octanol–water partition coefficient (Wildman–Crippen LogP) is 18.3. The summed E-state index contributed by atoms with van der Waals surface area (Å²) in [7, 11) is 0. The minimum Gasteiger partial charge on any atom is -0.314 e. The fourth-order valence-corrected chi connectivity index (χ4v) is 21.3. The maximum absolute atomic E-state index is 9.84. The van der Waals surface area contributed by atoms with Gasteiger partial charge in [0.05, 0.1) is 6.07 Å². The van der Waals surface area contributed by atoms with Gasteiger partial charge in [0.25, 0.3) is 0 Å². The molecule has 364 valence electrons. The Labute approximate surface area is 406 Å². The molecule has 0 heterocycles. The van der Waals surface area contributed by atoms with Crippen molar-refractivity contribution in [3.05, 3.63) is 34.7 Å². The minimum atomic E-state index is 0.307. The number of allylic oxidation sites excluding steroid dienone is 4. The lowest BCUT2D eigenvalue weighted by Crippen LogP contribution is -2.53. The molecule has 11 aliphatic carbocycles. The van der Waals surface area contributed by atoms with Crippen molar-refractivity contribution in [2.45, 2.75) is 250 Å². The van der Waals surface area contributed by atoms with Crippen LogP contribution >= 0.6 is 0 Å². The van der Waals surface area contributed by atoms with Gasteiger partial charge in [0.2, 0.25) is 6.04 Å². The molecule has 66 heavy (non-hydrogen) atoms. The third-order valence-corrected chi connectivity index (χ3v) is 24.0. The van der Waals surface area contributed by atoms with E-state index in [4.69, 9.17) is 6.57 Å². The summed E-state index contributed by atoms with van der Waals surface area (Å²) in [4.78, 5) is 4.06. The molecular formula is C64H98N2.